The van der Waals surface area contributed by atoms with Gasteiger partial charge in [-0.15, -0.1) is 0 Å². The Kier molecular flexibility index (Phi) is 11.4. The topological polar surface area (TPSA) is 162 Å². The summed E-state index contributed by atoms with van der Waals surface area (Å²) in [7, 11) is 0. The first-order chi connectivity index (χ1) is 11.8. The first kappa shape index (κ1) is 22.4. The van der Waals surface area contributed by atoms with Crippen LogP contribution in [0.1, 0.15) is 45.4 Å². The van der Waals surface area contributed by atoms with Crippen molar-refractivity contribution in [2.24, 2.45) is 0 Å². The average Bonchev–Trinajstić information content (AvgIpc) is 2.56. The van der Waals surface area contributed by atoms with E-state index in [0.29, 0.717) is 25.8 Å². The predicted octanol–water partition coefficient (Wildman–Crippen LogP) is -0.768. The Balaban J connectivity index is 4.21. The summed E-state index contributed by atoms with van der Waals surface area (Å²) in [5.74, 6) is -3.15. The standard InChI is InChI=1S/C15H25N3O7/c1-2-12(20)16-8-4-3-5-11(15(24)25)18-13(21)7-6-10(14(22)23)17-9-19/h9-11H,2-8H2,1H3,(H,16,20)(H,17,19)(H,18,21)(H,22,23)(H,24,25). The number of carboxylic acid groups (broad SMARTS) is 2. The molecule has 142 valence electrons. The molecule has 0 aliphatic rings. The minimum absolute atomic E-state index is 0.0833. The molecule has 0 fully saturated rings. The number of aliphatic carboxylic acids is 2. The summed E-state index contributed by atoms with van der Waals surface area (Å²) in [4.78, 5) is 55.1. The smallest absolute Gasteiger partial charge is 0.326 e. The maximum atomic E-state index is 11.8. The predicted molar refractivity (Wildman–Crippen MR) is 86.6 cm³/mol. The molecule has 3 amide bonds. The van der Waals surface area contributed by atoms with Gasteiger partial charge in [-0.05, 0) is 25.7 Å². The molecular weight excluding hydrogens is 334 g/mol. The molecule has 10 heteroatoms. The van der Waals surface area contributed by atoms with Gasteiger partial charge in [0.05, 0.1) is 0 Å². The highest BCUT2D eigenvalue weighted by Crippen LogP contribution is 2.04. The largest absolute Gasteiger partial charge is 0.480 e. The quantitative estimate of drug-likeness (QED) is 0.201. The van der Waals surface area contributed by atoms with E-state index in [-0.39, 0.29) is 31.6 Å². The van der Waals surface area contributed by atoms with Crippen molar-refractivity contribution in [3.05, 3.63) is 0 Å². The Morgan fingerprint density at radius 2 is 1.60 bits per heavy atom. The molecule has 0 heterocycles. The molecule has 0 radical (unpaired) electrons. The van der Waals surface area contributed by atoms with Gasteiger partial charge in [-0.2, -0.15) is 0 Å². The molecule has 0 aliphatic carbocycles. The van der Waals surface area contributed by atoms with Crippen molar-refractivity contribution < 1.29 is 34.2 Å². The molecule has 0 aliphatic heterocycles. The number of carboxylic acids is 2. The van der Waals surface area contributed by atoms with Crippen molar-refractivity contribution in [2.45, 2.75) is 57.5 Å². The summed E-state index contributed by atoms with van der Waals surface area (Å²) < 4.78 is 0. The van der Waals surface area contributed by atoms with Crippen molar-refractivity contribution in [1.29, 1.82) is 0 Å². The lowest BCUT2D eigenvalue weighted by atomic mass is 10.1. The third-order valence-electron chi connectivity index (χ3n) is 3.42. The molecule has 2 atom stereocenters. The van der Waals surface area contributed by atoms with Crippen LogP contribution in [0.3, 0.4) is 0 Å². The van der Waals surface area contributed by atoms with E-state index in [1.165, 1.54) is 0 Å². The number of unbranched alkanes of at least 4 members (excludes halogenated alkanes) is 1. The maximum Gasteiger partial charge on any atom is 0.326 e. The van der Waals surface area contributed by atoms with Crippen molar-refractivity contribution in [1.82, 2.24) is 16.0 Å². The van der Waals surface area contributed by atoms with E-state index in [9.17, 15) is 24.0 Å². The molecule has 0 bridgehead atoms. The van der Waals surface area contributed by atoms with Crippen LogP contribution in [0.5, 0.6) is 0 Å². The van der Waals surface area contributed by atoms with Gasteiger partial charge in [0, 0.05) is 19.4 Å². The van der Waals surface area contributed by atoms with Gasteiger partial charge in [0.1, 0.15) is 12.1 Å². The zero-order valence-electron chi connectivity index (χ0n) is 14.1. The number of carbonyl (C=O) groups excluding carboxylic acids is 3. The lowest BCUT2D eigenvalue weighted by Crippen LogP contribution is -2.42. The molecule has 0 saturated carbocycles. The molecule has 0 aromatic heterocycles. The van der Waals surface area contributed by atoms with Crippen LogP contribution in [0.15, 0.2) is 0 Å². The fraction of sp³-hybridized carbons (Fsp3) is 0.667. The van der Waals surface area contributed by atoms with Gasteiger partial charge in [-0.1, -0.05) is 6.92 Å². The Morgan fingerprint density at radius 1 is 0.960 bits per heavy atom. The second-order valence-electron chi connectivity index (χ2n) is 5.37. The monoisotopic (exact) mass is 359 g/mol. The summed E-state index contributed by atoms with van der Waals surface area (Å²) in [6.07, 6.45) is 1.50. The highest BCUT2D eigenvalue weighted by atomic mass is 16.4. The number of nitrogens with one attached hydrogen (secondary N) is 3. The van der Waals surface area contributed by atoms with E-state index in [1.54, 1.807) is 6.92 Å². The normalized spacial score (nSPS) is 12.5. The van der Waals surface area contributed by atoms with Crippen LogP contribution < -0.4 is 16.0 Å². The molecule has 0 aromatic carbocycles. The van der Waals surface area contributed by atoms with Crippen LogP contribution in [-0.2, 0) is 24.0 Å². The zero-order valence-corrected chi connectivity index (χ0v) is 14.1. The summed E-state index contributed by atoms with van der Waals surface area (Å²) in [5, 5.41) is 25.0. The van der Waals surface area contributed by atoms with Crippen molar-refractivity contribution in [3.63, 3.8) is 0 Å². The molecule has 25 heavy (non-hydrogen) atoms. The van der Waals surface area contributed by atoms with E-state index in [2.05, 4.69) is 16.0 Å². The van der Waals surface area contributed by atoms with Crippen LogP contribution in [0.25, 0.3) is 0 Å². The van der Waals surface area contributed by atoms with E-state index in [4.69, 9.17) is 10.2 Å². The fourth-order valence-corrected chi connectivity index (χ4v) is 1.99. The van der Waals surface area contributed by atoms with Crippen LogP contribution in [0.2, 0.25) is 0 Å². The number of hydrogen-bond acceptors (Lipinski definition) is 5. The molecule has 0 saturated heterocycles. The lowest BCUT2D eigenvalue weighted by Gasteiger charge is -2.16. The Bertz CT molecular complexity index is 482. The van der Waals surface area contributed by atoms with Gasteiger partial charge in [0.15, 0.2) is 0 Å². The third kappa shape index (κ3) is 10.7. The summed E-state index contributed by atoms with van der Waals surface area (Å²) in [6, 6.07) is -2.29. The van der Waals surface area contributed by atoms with Crippen molar-refractivity contribution in [3.8, 4) is 0 Å². The third-order valence-corrected chi connectivity index (χ3v) is 3.42. The van der Waals surface area contributed by atoms with Gasteiger partial charge < -0.3 is 26.2 Å². The second kappa shape index (κ2) is 12.7. The lowest BCUT2D eigenvalue weighted by molar-refractivity contribution is -0.143. The van der Waals surface area contributed by atoms with E-state index < -0.39 is 29.9 Å². The van der Waals surface area contributed by atoms with Crippen LogP contribution in [0, 0.1) is 0 Å². The van der Waals surface area contributed by atoms with E-state index in [0.717, 1.165) is 0 Å². The number of rotatable bonds is 14. The number of amides is 3. The molecule has 2 unspecified atom stereocenters. The van der Waals surface area contributed by atoms with E-state index >= 15 is 0 Å². The summed E-state index contributed by atoms with van der Waals surface area (Å²) >= 11 is 0. The van der Waals surface area contributed by atoms with Crippen molar-refractivity contribution >= 4 is 30.2 Å². The molecular formula is C15H25N3O7. The van der Waals surface area contributed by atoms with Gasteiger partial charge in [-0.3, -0.25) is 14.4 Å². The summed E-state index contributed by atoms with van der Waals surface area (Å²) in [5.41, 5.74) is 0. The van der Waals surface area contributed by atoms with Gasteiger partial charge in [0.2, 0.25) is 18.2 Å². The first-order valence-electron chi connectivity index (χ1n) is 8.03. The molecule has 0 rings (SSSR count). The van der Waals surface area contributed by atoms with Gasteiger partial charge in [-0.25, -0.2) is 9.59 Å². The van der Waals surface area contributed by atoms with Crippen LogP contribution >= 0.6 is 0 Å². The highest BCUT2D eigenvalue weighted by molar-refractivity contribution is 5.84. The zero-order chi connectivity index (χ0) is 19.2. The minimum atomic E-state index is -1.27. The average molecular weight is 359 g/mol. The fourth-order valence-electron chi connectivity index (χ4n) is 1.99. The van der Waals surface area contributed by atoms with Crippen molar-refractivity contribution in [2.75, 3.05) is 6.54 Å². The second-order valence-corrected chi connectivity index (χ2v) is 5.37. The van der Waals surface area contributed by atoms with E-state index in [1.807, 2.05) is 0 Å². The minimum Gasteiger partial charge on any atom is -0.480 e. The number of hydrogen-bond donors (Lipinski definition) is 5. The molecule has 5 N–H and O–H groups in total. The number of carbonyl (C=O) groups is 5. The maximum absolute atomic E-state index is 11.8. The van der Waals surface area contributed by atoms with Crippen LogP contribution in [-0.4, -0.2) is 59.0 Å². The van der Waals surface area contributed by atoms with Gasteiger partial charge in [0.25, 0.3) is 0 Å². The first-order valence-corrected chi connectivity index (χ1v) is 8.03. The SMILES string of the molecule is CCC(=O)NCCCCC(NC(=O)CCC(NC=O)C(=O)O)C(=O)O. The molecule has 10 nitrogen and oxygen atoms in total. The van der Waals surface area contributed by atoms with Crippen LogP contribution in [0.4, 0.5) is 0 Å². The molecule has 0 aromatic rings. The van der Waals surface area contributed by atoms with Gasteiger partial charge >= 0.3 is 11.9 Å². The summed E-state index contributed by atoms with van der Waals surface area (Å²) in [6.45, 7) is 2.16. The Labute approximate surface area is 145 Å². The molecule has 0 spiro atoms. The Hall–Kier alpha value is -2.65. The Morgan fingerprint density at radius 3 is 2.12 bits per heavy atom. The highest BCUT2D eigenvalue weighted by Gasteiger charge is 2.22.